The van der Waals surface area contributed by atoms with Crippen LogP contribution in [0.15, 0.2) is 4.52 Å². The molecule has 1 aromatic rings. The maximum Gasteiger partial charge on any atom is 0.240 e. The SMILES string of the molecule is COCc1noc(CN(C)CC2CCCC2O)n1. The first-order valence-electron chi connectivity index (χ1n) is 6.36. The average Bonchev–Trinajstić information content (AvgIpc) is 2.90. The molecule has 6 nitrogen and oxygen atoms in total. The summed E-state index contributed by atoms with van der Waals surface area (Å²) in [5, 5.41) is 13.6. The largest absolute Gasteiger partial charge is 0.393 e. The summed E-state index contributed by atoms with van der Waals surface area (Å²) in [6.07, 6.45) is 3.00. The summed E-state index contributed by atoms with van der Waals surface area (Å²) in [6, 6.07) is 0. The second-order valence-electron chi connectivity index (χ2n) is 4.99. The summed E-state index contributed by atoms with van der Waals surface area (Å²) in [5.41, 5.74) is 0. The standard InChI is InChI=1S/C12H21N3O3/c1-15(6-9-4-3-5-10(9)16)7-12-13-11(8-17-2)14-18-12/h9-10,16H,3-8H2,1-2H3. The quantitative estimate of drug-likeness (QED) is 0.811. The Morgan fingerprint density at radius 2 is 2.33 bits per heavy atom. The van der Waals surface area contributed by atoms with E-state index in [9.17, 15) is 5.11 Å². The van der Waals surface area contributed by atoms with Crippen molar-refractivity contribution in [3.8, 4) is 0 Å². The second kappa shape index (κ2) is 6.26. The number of nitrogens with zero attached hydrogens (tertiary/aromatic N) is 3. The fourth-order valence-corrected chi connectivity index (χ4v) is 2.47. The number of hydrogen-bond acceptors (Lipinski definition) is 6. The molecule has 2 atom stereocenters. The summed E-state index contributed by atoms with van der Waals surface area (Å²) in [4.78, 5) is 6.34. The Morgan fingerprint density at radius 1 is 1.50 bits per heavy atom. The summed E-state index contributed by atoms with van der Waals surface area (Å²) in [5.74, 6) is 1.54. The van der Waals surface area contributed by atoms with E-state index in [1.807, 2.05) is 7.05 Å². The van der Waals surface area contributed by atoms with Crippen LogP contribution in [0, 0.1) is 5.92 Å². The highest BCUT2D eigenvalue weighted by atomic mass is 16.5. The Bertz CT molecular complexity index is 369. The number of ether oxygens (including phenoxy) is 1. The fraction of sp³-hybridized carbons (Fsp3) is 0.833. The van der Waals surface area contributed by atoms with E-state index in [0.717, 1.165) is 25.8 Å². The van der Waals surface area contributed by atoms with Crippen LogP contribution in [0.2, 0.25) is 0 Å². The zero-order chi connectivity index (χ0) is 13.0. The van der Waals surface area contributed by atoms with Gasteiger partial charge in [-0.05, 0) is 25.8 Å². The van der Waals surface area contributed by atoms with Crippen molar-refractivity contribution in [2.24, 2.45) is 5.92 Å². The molecule has 1 saturated carbocycles. The van der Waals surface area contributed by atoms with Crippen LogP contribution < -0.4 is 0 Å². The Morgan fingerprint density at radius 3 is 3.00 bits per heavy atom. The third kappa shape index (κ3) is 3.51. The van der Waals surface area contributed by atoms with Crippen molar-refractivity contribution in [3.63, 3.8) is 0 Å². The maximum absolute atomic E-state index is 9.78. The minimum Gasteiger partial charge on any atom is -0.393 e. The number of aliphatic hydroxyl groups excluding tert-OH is 1. The topological polar surface area (TPSA) is 71.6 Å². The van der Waals surface area contributed by atoms with Gasteiger partial charge in [0.1, 0.15) is 6.61 Å². The summed E-state index contributed by atoms with van der Waals surface area (Å²) < 4.78 is 10.1. The molecule has 0 radical (unpaired) electrons. The molecular formula is C12H21N3O3. The van der Waals surface area contributed by atoms with Gasteiger partial charge in [0, 0.05) is 13.7 Å². The second-order valence-corrected chi connectivity index (χ2v) is 4.99. The highest BCUT2D eigenvalue weighted by Crippen LogP contribution is 2.26. The minimum atomic E-state index is -0.154. The van der Waals surface area contributed by atoms with E-state index >= 15 is 0 Å². The van der Waals surface area contributed by atoms with Gasteiger partial charge in [-0.25, -0.2) is 0 Å². The van der Waals surface area contributed by atoms with E-state index in [1.165, 1.54) is 0 Å². The molecule has 0 spiro atoms. The van der Waals surface area contributed by atoms with E-state index in [1.54, 1.807) is 7.11 Å². The first kappa shape index (κ1) is 13.5. The van der Waals surface area contributed by atoms with Crippen molar-refractivity contribution >= 4 is 0 Å². The lowest BCUT2D eigenvalue weighted by molar-refractivity contribution is 0.104. The lowest BCUT2D eigenvalue weighted by Crippen LogP contribution is -2.29. The van der Waals surface area contributed by atoms with Crippen LogP contribution in [-0.4, -0.2) is 47.0 Å². The zero-order valence-electron chi connectivity index (χ0n) is 11.0. The molecule has 0 aromatic carbocycles. The van der Waals surface area contributed by atoms with E-state index in [-0.39, 0.29) is 6.10 Å². The Balaban J connectivity index is 1.80. The lowest BCUT2D eigenvalue weighted by atomic mass is 10.1. The van der Waals surface area contributed by atoms with Gasteiger partial charge >= 0.3 is 0 Å². The number of hydrogen-bond donors (Lipinski definition) is 1. The van der Waals surface area contributed by atoms with Crippen molar-refractivity contribution < 1.29 is 14.4 Å². The molecular weight excluding hydrogens is 234 g/mol. The zero-order valence-corrected chi connectivity index (χ0v) is 11.0. The average molecular weight is 255 g/mol. The van der Waals surface area contributed by atoms with Crippen LogP contribution in [-0.2, 0) is 17.9 Å². The maximum atomic E-state index is 9.78. The van der Waals surface area contributed by atoms with E-state index in [4.69, 9.17) is 9.26 Å². The van der Waals surface area contributed by atoms with Crippen LogP contribution in [0.25, 0.3) is 0 Å². The molecule has 0 bridgehead atoms. The number of aliphatic hydroxyl groups is 1. The van der Waals surface area contributed by atoms with Gasteiger partial charge in [-0.3, -0.25) is 4.90 Å². The molecule has 2 rings (SSSR count). The Kier molecular flexibility index (Phi) is 4.68. The van der Waals surface area contributed by atoms with Gasteiger partial charge in [-0.1, -0.05) is 11.6 Å². The normalized spacial score (nSPS) is 24.0. The van der Waals surface area contributed by atoms with Crippen LogP contribution >= 0.6 is 0 Å². The van der Waals surface area contributed by atoms with Gasteiger partial charge in [-0.2, -0.15) is 4.98 Å². The van der Waals surface area contributed by atoms with Crippen molar-refractivity contribution in [2.75, 3.05) is 20.7 Å². The van der Waals surface area contributed by atoms with E-state index in [2.05, 4.69) is 15.0 Å². The summed E-state index contributed by atoms with van der Waals surface area (Å²) in [7, 11) is 3.61. The first-order valence-corrected chi connectivity index (χ1v) is 6.36. The van der Waals surface area contributed by atoms with Crippen LogP contribution in [0.3, 0.4) is 0 Å². The van der Waals surface area contributed by atoms with Crippen molar-refractivity contribution in [3.05, 3.63) is 11.7 Å². The molecule has 1 aliphatic carbocycles. The molecule has 0 amide bonds. The molecule has 1 aliphatic rings. The molecule has 0 saturated heterocycles. The lowest BCUT2D eigenvalue weighted by Gasteiger charge is -2.21. The van der Waals surface area contributed by atoms with Gasteiger partial charge in [0.05, 0.1) is 12.6 Å². The predicted molar refractivity (Wildman–Crippen MR) is 64.7 cm³/mol. The van der Waals surface area contributed by atoms with Gasteiger partial charge < -0.3 is 14.4 Å². The molecule has 102 valence electrons. The smallest absolute Gasteiger partial charge is 0.240 e. The van der Waals surface area contributed by atoms with Crippen molar-refractivity contribution in [1.82, 2.24) is 15.0 Å². The van der Waals surface area contributed by atoms with Gasteiger partial charge in [0.2, 0.25) is 5.89 Å². The number of methoxy groups -OCH3 is 1. The molecule has 1 aromatic heterocycles. The minimum absolute atomic E-state index is 0.154. The van der Waals surface area contributed by atoms with Crippen LogP contribution in [0.1, 0.15) is 31.0 Å². The van der Waals surface area contributed by atoms with E-state index in [0.29, 0.717) is 30.8 Å². The predicted octanol–water partition coefficient (Wildman–Crippen LogP) is 0.809. The van der Waals surface area contributed by atoms with Crippen LogP contribution in [0.4, 0.5) is 0 Å². The molecule has 1 heterocycles. The highest BCUT2D eigenvalue weighted by molar-refractivity contribution is 4.85. The fourth-order valence-electron chi connectivity index (χ4n) is 2.47. The molecule has 1 fully saturated rings. The molecule has 18 heavy (non-hydrogen) atoms. The highest BCUT2D eigenvalue weighted by Gasteiger charge is 2.26. The monoisotopic (exact) mass is 255 g/mol. The summed E-state index contributed by atoms with van der Waals surface area (Å²) in [6.45, 7) is 1.84. The third-order valence-electron chi connectivity index (χ3n) is 3.35. The Labute approximate surface area is 107 Å². The van der Waals surface area contributed by atoms with Crippen molar-refractivity contribution in [2.45, 2.75) is 38.5 Å². The Hall–Kier alpha value is -0.980. The van der Waals surface area contributed by atoms with Gasteiger partial charge in [0.15, 0.2) is 5.82 Å². The van der Waals surface area contributed by atoms with Gasteiger partial charge in [-0.15, -0.1) is 0 Å². The van der Waals surface area contributed by atoms with Crippen LogP contribution in [0.5, 0.6) is 0 Å². The summed E-state index contributed by atoms with van der Waals surface area (Å²) >= 11 is 0. The molecule has 2 unspecified atom stereocenters. The van der Waals surface area contributed by atoms with Crippen molar-refractivity contribution in [1.29, 1.82) is 0 Å². The van der Waals surface area contributed by atoms with E-state index < -0.39 is 0 Å². The first-order chi connectivity index (χ1) is 8.69. The number of rotatable bonds is 6. The molecule has 0 aliphatic heterocycles. The number of aromatic nitrogens is 2. The third-order valence-corrected chi connectivity index (χ3v) is 3.35. The van der Waals surface area contributed by atoms with Gasteiger partial charge in [0.25, 0.3) is 0 Å². The molecule has 1 N–H and O–H groups in total. The molecule has 6 heteroatoms.